The van der Waals surface area contributed by atoms with Gasteiger partial charge in [-0.15, -0.1) is 0 Å². The molecule has 0 saturated heterocycles. The van der Waals surface area contributed by atoms with Gasteiger partial charge in [0.1, 0.15) is 5.75 Å². The molecule has 2 aromatic carbocycles. The van der Waals surface area contributed by atoms with Crippen LogP contribution in [-0.2, 0) is 13.6 Å². The first-order valence-electron chi connectivity index (χ1n) is 8.41. The van der Waals surface area contributed by atoms with Gasteiger partial charge in [-0.05, 0) is 55.6 Å². The van der Waals surface area contributed by atoms with E-state index < -0.39 is 0 Å². The number of rotatable bonds is 6. The molecule has 0 unspecified atom stereocenters. The second kappa shape index (κ2) is 8.55. The zero-order valence-corrected chi connectivity index (χ0v) is 15.9. The maximum absolute atomic E-state index is 12.2. The Morgan fingerprint density at radius 3 is 2.70 bits per heavy atom. The van der Waals surface area contributed by atoms with Crippen LogP contribution in [0.3, 0.4) is 0 Å². The van der Waals surface area contributed by atoms with Crippen molar-refractivity contribution < 1.29 is 9.90 Å². The van der Waals surface area contributed by atoms with Crippen LogP contribution in [0.25, 0.3) is 0 Å². The topological polar surface area (TPSA) is 79.5 Å². The molecule has 0 spiro atoms. The fourth-order valence-electron chi connectivity index (χ4n) is 2.46. The number of carbonyl (C=O) groups is 1. The Bertz CT molecular complexity index is 964. The number of nitrogens with zero attached hydrogens (tertiary/aromatic N) is 3. The highest BCUT2D eigenvalue weighted by molar-refractivity contribution is 7.99. The van der Waals surface area contributed by atoms with E-state index in [1.807, 2.05) is 49.0 Å². The minimum absolute atomic E-state index is 0.0402. The standard InChI is InChI=1S/C20H20N4O2S/c1-3-21-13-15-12-19(24(2)23-15)27-16-10-8-14(9-11-16)22-20(26)17-6-4-5-7-18(17)25/h3-12,25H,13H2,1-2H3,(H,22,26). The smallest absolute Gasteiger partial charge is 0.259 e. The number of carbonyl (C=O) groups excluding carboxylic acids is 1. The first-order valence-corrected chi connectivity index (χ1v) is 9.23. The van der Waals surface area contributed by atoms with Crippen LogP contribution in [0.1, 0.15) is 23.0 Å². The SMILES string of the molecule is CC=NCc1cc(Sc2ccc(NC(=O)c3ccccc3O)cc2)n(C)n1. The summed E-state index contributed by atoms with van der Waals surface area (Å²) in [5.74, 6) is -0.386. The molecule has 0 saturated carbocycles. The van der Waals surface area contributed by atoms with Crippen LogP contribution >= 0.6 is 11.8 Å². The largest absolute Gasteiger partial charge is 0.507 e. The number of aliphatic imine (C=N–C) groups is 1. The summed E-state index contributed by atoms with van der Waals surface area (Å²) in [7, 11) is 1.91. The van der Waals surface area contributed by atoms with Gasteiger partial charge >= 0.3 is 0 Å². The first-order chi connectivity index (χ1) is 13.1. The van der Waals surface area contributed by atoms with E-state index >= 15 is 0 Å². The van der Waals surface area contributed by atoms with E-state index in [-0.39, 0.29) is 17.2 Å². The van der Waals surface area contributed by atoms with Crippen LogP contribution < -0.4 is 5.32 Å². The van der Waals surface area contributed by atoms with Gasteiger partial charge in [0.15, 0.2) is 0 Å². The number of hydrogen-bond acceptors (Lipinski definition) is 5. The molecule has 1 amide bonds. The van der Waals surface area contributed by atoms with Crippen molar-refractivity contribution in [2.24, 2.45) is 12.0 Å². The quantitative estimate of drug-likeness (QED) is 0.631. The normalized spacial score (nSPS) is 11.0. The number of para-hydroxylation sites is 1. The minimum atomic E-state index is -0.346. The van der Waals surface area contributed by atoms with Crippen molar-refractivity contribution in [2.75, 3.05) is 5.32 Å². The highest BCUT2D eigenvalue weighted by Crippen LogP contribution is 2.29. The van der Waals surface area contributed by atoms with Crippen LogP contribution in [0.4, 0.5) is 5.69 Å². The molecule has 27 heavy (non-hydrogen) atoms. The summed E-state index contributed by atoms with van der Waals surface area (Å²) in [6.45, 7) is 2.46. The van der Waals surface area contributed by atoms with E-state index in [0.29, 0.717) is 12.2 Å². The monoisotopic (exact) mass is 380 g/mol. The van der Waals surface area contributed by atoms with Crippen molar-refractivity contribution in [1.29, 1.82) is 0 Å². The summed E-state index contributed by atoms with van der Waals surface area (Å²) < 4.78 is 1.83. The molecule has 7 heteroatoms. The summed E-state index contributed by atoms with van der Waals surface area (Å²) >= 11 is 1.59. The predicted octanol–water partition coefficient (Wildman–Crippen LogP) is 4.12. The molecule has 0 radical (unpaired) electrons. The Labute approximate surface area is 162 Å². The average molecular weight is 380 g/mol. The molecule has 0 aliphatic carbocycles. The van der Waals surface area contributed by atoms with Crippen LogP contribution in [0.5, 0.6) is 5.75 Å². The number of aryl methyl sites for hydroxylation is 1. The summed E-state index contributed by atoms with van der Waals surface area (Å²) in [5.41, 5.74) is 1.83. The average Bonchev–Trinajstić information content (AvgIpc) is 3.01. The van der Waals surface area contributed by atoms with E-state index in [0.717, 1.165) is 15.6 Å². The number of benzene rings is 2. The molecular formula is C20H20N4O2S. The van der Waals surface area contributed by atoms with Crippen molar-refractivity contribution in [3.63, 3.8) is 0 Å². The summed E-state index contributed by atoms with van der Waals surface area (Å²) in [4.78, 5) is 17.5. The summed E-state index contributed by atoms with van der Waals surface area (Å²) in [6.07, 6.45) is 1.77. The fraction of sp³-hybridized carbons (Fsp3) is 0.150. The molecule has 0 aliphatic rings. The highest BCUT2D eigenvalue weighted by Gasteiger charge is 2.11. The number of amides is 1. The third-order valence-corrected chi connectivity index (χ3v) is 4.91. The lowest BCUT2D eigenvalue weighted by atomic mass is 10.2. The van der Waals surface area contributed by atoms with Gasteiger partial charge in [-0.1, -0.05) is 23.9 Å². The molecule has 0 bridgehead atoms. The summed E-state index contributed by atoms with van der Waals surface area (Å²) in [6, 6.07) is 16.0. The zero-order chi connectivity index (χ0) is 19.2. The van der Waals surface area contributed by atoms with Crippen LogP contribution in [0.2, 0.25) is 0 Å². The Morgan fingerprint density at radius 1 is 1.26 bits per heavy atom. The van der Waals surface area contributed by atoms with Crippen molar-refractivity contribution in [1.82, 2.24) is 9.78 Å². The van der Waals surface area contributed by atoms with Crippen LogP contribution in [0.15, 0.2) is 69.5 Å². The number of aromatic hydroxyl groups is 1. The number of nitrogens with one attached hydrogen (secondary N) is 1. The second-order valence-corrected chi connectivity index (χ2v) is 6.89. The zero-order valence-electron chi connectivity index (χ0n) is 15.1. The van der Waals surface area contributed by atoms with Gasteiger partial charge < -0.3 is 10.4 Å². The van der Waals surface area contributed by atoms with E-state index in [1.165, 1.54) is 6.07 Å². The minimum Gasteiger partial charge on any atom is -0.507 e. The number of phenols is 1. The van der Waals surface area contributed by atoms with Crippen molar-refractivity contribution >= 4 is 29.6 Å². The van der Waals surface area contributed by atoms with Gasteiger partial charge in [0, 0.05) is 17.6 Å². The van der Waals surface area contributed by atoms with Gasteiger partial charge in [-0.25, -0.2) is 0 Å². The van der Waals surface area contributed by atoms with E-state index in [2.05, 4.69) is 15.4 Å². The van der Waals surface area contributed by atoms with Crippen LogP contribution in [-0.4, -0.2) is 27.0 Å². The van der Waals surface area contributed by atoms with Gasteiger partial charge in [-0.2, -0.15) is 5.10 Å². The fourth-order valence-corrected chi connectivity index (χ4v) is 3.34. The maximum Gasteiger partial charge on any atom is 0.259 e. The highest BCUT2D eigenvalue weighted by atomic mass is 32.2. The van der Waals surface area contributed by atoms with E-state index in [4.69, 9.17) is 0 Å². The van der Waals surface area contributed by atoms with E-state index in [9.17, 15) is 9.90 Å². The van der Waals surface area contributed by atoms with Gasteiger partial charge in [0.05, 0.1) is 22.8 Å². The Balaban J connectivity index is 1.66. The first kappa shape index (κ1) is 18.7. The predicted molar refractivity (Wildman–Crippen MR) is 108 cm³/mol. The maximum atomic E-state index is 12.2. The Kier molecular flexibility index (Phi) is 5.93. The van der Waals surface area contributed by atoms with Crippen LogP contribution in [0, 0.1) is 0 Å². The molecule has 0 aliphatic heterocycles. The molecule has 3 aromatic rings. The lowest BCUT2D eigenvalue weighted by molar-refractivity contribution is 0.102. The molecule has 0 atom stereocenters. The molecule has 1 aromatic heterocycles. The Hall–Kier alpha value is -3.06. The molecule has 2 N–H and O–H groups in total. The third kappa shape index (κ3) is 4.77. The molecule has 1 heterocycles. The van der Waals surface area contributed by atoms with Crippen molar-refractivity contribution in [2.45, 2.75) is 23.4 Å². The molecule has 3 rings (SSSR count). The Morgan fingerprint density at radius 2 is 2.00 bits per heavy atom. The molecular weight excluding hydrogens is 360 g/mol. The third-order valence-electron chi connectivity index (χ3n) is 3.81. The van der Waals surface area contributed by atoms with Gasteiger partial charge in [0.2, 0.25) is 0 Å². The second-order valence-electron chi connectivity index (χ2n) is 5.79. The number of aromatic nitrogens is 2. The van der Waals surface area contributed by atoms with Crippen molar-refractivity contribution in [3.05, 3.63) is 65.9 Å². The van der Waals surface area contributed by atoms with Crippen molar-refractivity contribution in [3.8, 4) is 5.75 Å². The summed E-state index contributed by atoms with van der Waals surface area (Å²) in [5, 5.41) is 18.0. The molecule has 6 nitrogen and oxygen atoms in total. The molecule has 0 fully saturated rings. The number of anilines is 1. The van der Waals surface area contributed by atoms with Gasteiger partial charge in [0.25, 0.3) is 5.91 Å². The number of phenolic OH excluding ortho intramolecular Hbond substituents is 1. The number of hydrogen-bond donors (Lipinski definition) is 2. The van der Waals surface area contributed by atoms with E-state index in [1.54, 1.807) is 36.2 Å². The molecule has 138 valence electrons. The van der Waals surface area contributed by atoms with Gasteiger partial charge in [-0.3, -0.25) is 14.5 Å². The lowest BCUT2D eigenvalue weighted by Gasteiger charge is -2.08. The lowest BCUT2D eigenvalue weighted by Crippen LogP contribution is -2.11.